The molecule has 15 heteroatoms. The lowest BCUT2D eigenvalue weighted by atomic mass is 9.82. The number of H-pyrrole nitrogens is 1. The van der Waals surface area contributed by atoms with Crippen molar-refractivity contribution in [3.05, 3.63) is 82.8 Å². The second-order valence-electron chi connectivity index (χ2n) is 16.9. The van der Waals surface area contributed by atoms with Crippen LogP contribution < -0.4 is 20.3 Å². The zero-order valence-electron chi connectivity index (χ0n) is 34.5. The average Bonchev–Trinajstić information content (AvgIpc) is 3.83. The third-order valence-corrected chi connectivity index (χ3v) is 12.6. The number of ether oxygens (including phenoxy) is 1. The van der Waals surface area contributed by atoms with E-state index in [4.69, 9.17) is 16.3 Å². The highest BCUT2D eigenvalue weighted by Crippen LogP contribution is 2.37. The van der Waals surface area contributed by atoms with Crippen LogP contribution in [0.15, 0.2) is 60.9 Å². The monoisotopic (exact) mass is 833 g/mol. The number of hydrogen-bond donors (Lipinski definition) is 3. The maximum Gasteiger partial charge on any atom is 0.251 e. The van der Waals surface area contributed by atoms with Gasteiger partial charge in [0.2, 0.25) is 17.7 Å². The molecule has 60 heavy (non-hydrogen) atoms. The van der Waals surface area contributed by atoms with Crippen molar-refractivity contribution in [2.45, 2.75) is 77.7 Å². The molecule has 2 aromatic carbocycles. The van der Waals surface area contributed by atoms with Crippen molar-refractivity contribution < 1.29 is 23.9 Å². The Balaban J connectivity index is 0.807. The van der Waals surface area contributed by atoms with E-state index < -0.39 is 6.04 Å². The summed E-state index contributed by atoms with van der Waals surface area (Å²) >= 11 is 6.54. The minimum atomic E-state index is -0.644. The van der Waals surface area contributed by atoms with E-state index in [1.165, 1.54) is 18.3 Å². The lowest BCUT2D eigenvalue weighted by Crippen LogP contribution is -2.53. The maximum atomic E-state index is 13.8. The van der Waals surface area contributed by atoms with Gasteiger partial charge in [-0.05, 0) is 105 Å². The van der Waals surface area contributed by atoms with Crippen LogP contribution in [0.5, 0.6) is 11.5 Å². The van der Waals surface area contributed by atoms with Gasteiger partial charge in [0.25, 0.3) is 5.91 Å². The summed E-state index contributed by atoms with van der Waals surface area (Å²) in [5.74, 6) is 1.55. The Hall–Kier alpha value is -5.76. The van der Waals surface area contributed by atoms with Crippen LogP contribution in [0.2, 0.25) is 5.02 Å². The van der Waals surface area contributed by atoms with Crippen LogP contribution in [0, 0.1) is 24.7 Å². The number of nitrogens with zero attached hydrogens (tertiary/aromatic N) is 6. The Morgan fingerprint density at radius 2 is 1.63 bits per heavy atom. The van der Waals surface area contributed by atoms with E-state index in [1.807, 2.05) is 51.0 Å². The van der Waals surface area contributed by atoms with Crippen LogP contribution in [0.3, 0.4) is 0 Å². The number of imidazole rings is 1. The van der Waals surface area contributed by atoms with Crippen molar-refractivity contribution in [3.8, 4) is 22.9 Å². The lowest BCUT2D eigenvalue weighted by molar-refractivity contribution is -0.136. The Kier molecular flexibility index (Phi) is 11.9. The number of pyridine rings is 1. The molecule has 3 aromatic heterocycles. The highest BCUT2D eigenvalue weighted by molar-refractivity contribution is 6.32. The molecule has 0 bridgehead atoms. The summed E-state index contributed by atoms with van der Waals surface area (Å²) in [6.07, 6.45) is 9.66. The molecular formula is C45H52ClN9O5. The van der Waals surface area contributed by atoms with E-state index in [2.05, 4.69) is 47.7 Å². The number of hydrogen-bond acceptors (Lipinski definition) is 9. The number of nitrogens with one attached hydrogen (secondary N) is 3. The molecule has 3 aliphatic heterocycles. The molecule has 4 amide bonds. The number of carbonyl (C=O) groups excluding carboxylic acids is 4. The number of carbonyl (C=O) groups is 4. The molecule has 3 saturated heterocycles. The van der Waals surface area contributed by atoms with Gasteiger partial charge in [0.15, 0.2) is 11.4 Å². The van der Waals surface area contributed by atoms with Gasteiger partial charge < -0.3 is 24.8 Å². The fourth-order valence-corrected chi connectivity index (χ4v) is 9.10. The van der Waals surface area contributed by atoms with Crippen molar-refractivity contribution >= 4 is 52.1 Å². The van der Waals surface area contributed by atoms with Crippen molar-refractivity contribution in [1.82, 2.24) is 40.3 Å². The van der Waals surface area contributed by atoms with E-state index >= 15 is 0 Å². The number of piperidine rings is 3. The molecule has 3 aliphatic rings. The molecule has 8 rings (SSSR count). The molecule has 6 heterocycles. The second kappa shape index (κ2) is 17.5. The van der Waals surface area contributed by atoms with Gasteiger partial charge in [-0.2, -0.15) is 5.10 Å². The van der Waals surface area contributed by atoms with Crippen LogP contribution >= 0.6 is 11.6 Å². The summed E-state index contributed by atoms with van der Waals surface area (Å²) < 4.78 is 7.93. The highest BCUT2D eigenvalue weighted by Gasteiger charge is 2.33. The fraction of sp³-hybridized carbons (Fsp3) is 0.444. The third kappa shape index (κ3) is 8.89. The Bertz CT molecular complexity index is 2380. The number of aromatic nitrogens is 5. The molecular weight excluding hydrogens is 782 g/mol. The topological polar surface area (TPSA) is 167 Å². The Morgan fingerprint density at radius 1 is 0.950 bits per heavy atom. The minimum Gasteiger partial charge on any atom is -0.453 e. The summed E-state index contributed by atoms with van der Waals surface area (Å²) in [4.78, 5) is 67.8. The number of anilines is 1. The van der Waals surface area contributed by atoms with Gasteiger partial charge in [-0.3, -0.25) is 29.2 Å². The van der Waals surface area contributed by atoms with Crippen LogP contribution in [0.1, 0.15) is 86.3 Å². The molecule has 0 saturated carbocycles. The molecule has 0 aliphatic carbocycles. The van der Waals surface area contributed by atoms with E-state index in [9.17, 15) is 19.2 Å². The Morgan fingerprint density at radius 3 is 2.27 bits per heavy atom. The number of amides is 4. The van der Waals surface area contributed by atoms with Gasteiger partial charge in [0.05, 0.1) is 23.4 Å². The fourth-order valence-electron chi connectivity index (χ4n) is 8.91. The molecule has 0 unspecified atom stereocenters. The van der Waals surface area contributed by atoms with Crippen LogP contribution in [-0.4, -0.2) is 85.5 Å². The molecule has 5 aromatic rings. The summed E-state index contributed by atoms with van der Waals surface area (Å²) in [6, 6.07) is 14.4. The zero-order chi connectivity index (χ0) is 42.1. The van der Waals surface area contributed by atoms with Gasteiger partial charge in [0, 0.05) is 57.1 Å². The SMILES string of the molecule is Cc1nn(C)cc1-c1nc2ncc(Cl)c(Oc3ccc(C(=O)N[C@@H](C(=O)N4CCC(CC5CCN(c6ccc([C@@H]7CCC(=O)NC7=O)cc6)CC5)CC4)C(C)C)cc3)c2[nH]1. The molecule has 314 valence electrons. The highest BCUT2D eigenvalue weighted by atomic mass is 35.5. The first-order valence-corrected chi connectivity index (χ1v) is 21.4. The smallest absolute Gasteiger partial charge is 0.251 e. The van der Waals surface area contributed by atoms with E-state index in [0.29, 0.717) is 76.8 Å². The first kappa shape index (κ1) is 41.0. The molecule has 14 nitrogen and oxygen atoms in total. The predicted molar refractivity (Wildman–Crippen MR) is 229 cm³/mol. The van der Waals surface area contributed by atoms with Gasteiger partial charge in [-0.15, -0.1) is 0 Å². The Labute approximate surface area is 354 Å². The van der Waals surface area contributed by atoms with Crippen molar-refractivity contribution in [1.29, 1.82) is 0 Å². The zero-order valence-corrected chi connectivity index (χ0v) is 35.3. The number of fused-ring (bicyclic) bond motifs is 1. The summed E-state index contributed by atoms with van der Waals surface area (Å²) in [6.45, 7) is 9.20. The maximum absolute atomic E-state index is 13.8. The number of likely N-dealkylation sites (tertiary alicyclic amines) is 1. The molecule has 3 N–H and O–H groups in total. The van der Waals surface area contributed by atoms with Gasteiger partial charge >= 0.3 is 0 Å². The van der Waals surface area contributed by atoms with Gasteiger partial charge in [-0.1, -0.05) is 37.6 Å². The van der Waals surface area contributed by atoms with Crippen molar-refractivity contribution in [2.75, 3.05) is 31.1 Å². The van der Waals surface area contributed by atoms with Crippen LogP contribution in [0.4, 0.5) is 5.69 Å². The molecule has 3 fully saturated rings. The number of aromatic amines is 1. The summed E-state index contributed by atoms with van der Waals surface area (Å²) in [5.41, 5.74) is 5.19. The number of rotatable bonds is 11. The van der Waals surface area contributed by atoms with Crippen LogP contribution in [-0.2, 0) is 21.4 Å². The number of aryl methyl sites for hydroxylation is 2. The summed E-state index contributed by atoms with van der Waals surface area (Å²) in [5, 5.41) is 10.2. The van der Waals surface area contributed by atoms with E-state index in [-0.39, 0.29) is 35.5 Å². The van der Waals surface area contributed by atoms with Crippen LogP contribution in [0.25, 0.3) is 22.6 Å². The second-order valence-corrected chi connectivity index (χ2v) is 17.3. The molecule has 0 spiro atoms. The van der Waals surface area contributed by atoms with Gasteiger partial charge in [0.1, 0.15) is 28.2 Å². The number of benzene rings is 2. The normalized spacial score (nSPS) is 18.5. The first-order chi connectivity index (χ1) is 28.9. The molecule has 0 radical (unpaired) electrons. The minimum absolute atomic E-state index is 0.0366. The lowest BCUT2D eigenvalue weighted by Gasteiger charge is -2.38. The number of imide groups is 1. The summed E-state index contributed by atoms with van der Waals surface area (Å²) in [7, 11) is 1.85. The standard InChI is InChI=1S/C45H52ClN9O5/c1-26(2)38(50-43(57)31-7-11-33(12-8-31)60-40-36(46)24-47-42-39(40)49-41(51-42)35-25-53(4)52-27(35)3)45(59)55-21-17-29(18-22-55)23-28-15-19-54(20-16-28)32-9-5-30(6-10-32)34-13-14-37(56)48-44(34)58/h5-12,24-26,28-29,34,38H,13-23H2,1-4H3,(H,50,57)(H,47,49,51)(H,48,56,58)/t34-,38+/m0/s1. The largest absolute Gasteiger partial charge is 0.453 e. The predicted octanol–water partition coefficient (Wildman–Crippen LogP) is 6.93. The van der Waals surface area contributed by atoms with Gasteiger partial charge in [-0.25, -0.2) is 9.97 Å². The van der Waals surface area contributed by atoms with E-state index in [1.54, 1.807) is 28.9 Å². The number of halogens is 1. The van der Waals surface area contributed by atoms with Crippen molar-refractivity contribution in [2.24, 2.45) is 24.8 Å². The van der Waals surface area contributed by atoms with Crippen molar-refractivity contribution in [3.63, 3.8) is 0 Å². The van der Waals surface area contributed by atoms with E-state index in [0.717, 1.165) is 55.6 Å². The average molecular weight is 834 g/mol. The molecule has 2 atom stereocenters. The quantitative estimate of drug-likeness (QED) is 0.120. The third-order valence-electron chi connectivity index (χ3n) is 12.4. The first-order valence-electron chi connectivity index (χ1n) is 21.0.